The van der Waals surface area contributed by atoms with Crippen LogP contribution in [-0.4, -0.2) is 65.4 Å². The Morgan fingerprint density at radius 2 is 1.72 bits per heavy atom. The summed E-state index contributed by atoms with van der Waals surface area (Å²) in [6.45, 7) is 5.09. The van der Waals surface area contributed by atoms with Crippen molar-refractivity contribution >= 4 is 11.7 Å². The molecule has 0 radical (unpaired) electrons. The molecule has 6 heteroatoms. The van der Waals surface area contributed by atoms with Crippen molar-refractivity contribution in [1.29, 1.82) is 0 Å². The predicted molar refractivity (Wildman–Crippen MR) is 96.6 cm³/mol. The predicted octanol–water partition coefficient (Wildman–Crippen LogP) is 1.43. The van der Waals surface area contributed by atoms with Gasteiger partial charge in [-0.2, -0.15) is 0 Å². The number of rotatable bonds is 2. The lowest BCUT2D eigenvalue weighted by Crippen LogP contribution is -2.47. The van der Waals surface area contributed by atoms with Gasteiger partial charge >= 0.3 is 0 Å². The van der Waals surface area contributed by atoms with Crippen molar-refractivity contribution in [2.75, 3.05) is 44.7 Å². The van der Waals surface area contributed by atoms with E-state index in [0.29, 0.717) is 5.69 Å². The minimum absolute atomic E-state index is 0.0175. The summed E-state index contributed by atoms with van der Waals surface area (Å²) in [5.41, 5.74) is 3.19. The normalized spacial score (nSPS) is 18.1. The second-order valence-corrected chi connectivity index (χ2v) is 6.80. The summed E-state index contributed by atoms with van der Waals surface area (Å²) in [6, 6.07) is 8.52. The lowest BCUT2D eigenvalue weighted by atomic mass is 10.0. The third-order valence-corrected chi connectivity index (χ3v) is 5.10. The Kier molecular flexibility index (Phi) is 4.36. The third-order valence-electron chi connectivity index (χ3n) is 5.10. The van der Waals surface area contributed by atoms with Gasteiger partial charge in [0.2, 0.25) is 0 Å². The van der Waals surface area contributed by atoms with Crippen molar-refractivity contribution in [2.24, 2.45) is 0 Å². The lowest BCUT2D eigenvalue weighted by molar-refractivity contribution is 0.0658. The van der Waals surface area contributed by atoms with Crippen molar-refractivity contribution in [1.82, 2.24) is 19.8 Å². The van der Waals surface area contributed by atoms with Gasteiger partial charge in [0, 0.05) is 39.3 Å². The molecule has 0 atom stereocenters. The fraction of sp³-hybridized carbons (Fsp3) is 0.421. The molecule has 1 aromatic carbocycles. The Balaban J connectivity index is 1.45. The average molecular weight is 337 g/mol. The number of hydrogen-bond acceptors (Lipinski definition) is 5. The molecule has 0 aliphatic carbocycles. The van der Waals surface area contributed by atoms with Gasteiger partial charge in [-0.3, -0.25) is 4.79 Å². The number of anilines is 1. The number of hydrogen-bond donors (Lipinski definition) is 0. The van der Waals surface area contributed by atoms with E-state index in [9.17, 15) is 4.79 Å². The van der Waals surface area contributed by atoms with E-state index < -0.39 is 0 Å². The summed E-state index contributed by atoms with van der Waals surface area (Å²) < 4.78 is 0. The van der Waals surface area contributed by atoms with E-state index in [1.54, 1.807) is 12.4 Å². The molecule has 1 aromatic heterocycles. The Bertz CT molecular complexity index is 753. The van der Waals surface area contributed by atoms with Crippen LogP contribution in [0.2, 0.25) is 0 Å². The fourth-order valence-corrected chi connectivity index (χ4v) is 3.46. The molecule has 0 saturated carbocycles. The number of benzene rings is 1. The Morgan fingerprint density at radius 3 is 2.44 bits per heavy atom. The summed E-state index contributed by atoms with van der Waals surface area (Å²) in [4.78, 5) is 27.8. The highest BCUT2D eigenvalue weighted by molar-refractivity contribution is 5.92. The molecule has 2 aliphatic rings. The van der Waals surface area contributed by atoms with Gasteiger partial charge in [-0.1, -0.05) is 24.3 Å². The second-order valence-electron chi connectivity index (χ2n) is 6.80. The van der Waals surface area contributed by atoms with E-state index in [0.717, 1.165) is 51.5 Å². The van der Waals surface area contributed by atoms with Gasteiger partial charge in [0.1, 0.15) is 11.5 Å². The standard InChI is InChI=1S/C19H23N5O/c1-22-8-10-23(11-9-22)19(25)17-12-21-18(13-20-17)24-7-6-15-4-2-3-5-16(15)14-24/h2-5,12-13H,6-11,14H2,1H3. The molecule has 1 amide bonds. The van der Waals surface area contributed by atoms with E-state index in [1.807, 2.05) is 4.90 Å². The first-order valence-electron chi connectivity index (χ1n) is 8.82. The summed E-state index contributed by atoms with van der Waals surface area (Å²) >= 11 is 0. The number of fused-ring (bicyclic) bond motifs is 1. The van der Waals surface area contributed by atoms with Crippen LogP contribution in [0, 0.1) is 0 Å². The monoisotopic (exact) mass is 337 g/mol. The number of likely N-dealkylation sites (N-methyl/N-ethyl adjacent to an activating group) is 1. The molecule has 130 valence electrons. The zero-order valence-electron chi connectivity index (χ0n) is 14.6. The molecule has 2 aromatic rings. The lowest BCUT2D eigenvalue weighted by Gasteiger charge is -2.32. The maximum atomic E-state index is 12.5. The Morgan fingerprint density at radius 1 is 0.960 bits per heavy atom. The van der Waals surface area contributed by atoms with Crippen molar-refractivity contribution in [2.45, 2.75) is 13.0 Å². The summed E-state index contributed by atoms with van der Waals surface area (Å²) in [5.74, 6) is 0.820. The molecule has 0 unspecified atom stereocenters. The topological polar surface area (TPSA) is 52.6 Å². The molecular formula is C19H23N5O. The average Bonchev–Trinajstić information content (AvgIpc) is 2.68. The molecular weight excluding hydrogens is 314 g/mol. The Hall–Kier alpha value is -2.47. The van der Waals surface area contributed by atoms with Gasteiger partial charge in [-0.25, -0.2) is 9.97 Å². The largest absolute Gasteiger partial charge is 0.351 e. The molecule has 3 heterocycles. The number of carbonyl (C=O) groups excluding carboxylic acids is 1. The molecule has 0 bridgehead atoms. The quantitative estimate of drug-likeness (QED) is 0.830. The number of aromatic nitrogens is 2. The number of nitrogens with zero attached hydrogens (tertiary/aromatic N) is 5. The first-order valence-corrected chi connectivity index (χ1v) is 8.82. The van der Waals surface area contributed by atoms with Gasteiger partial charge in [0.15, 0.2) is 0 Å². The van der Waals surface area contributed by atoms with E-state index in [4.69, 9.17) is 0 Å². The van der Waals surface area contributed by atoms with Crippen molar-refractivity contribution in [3.63, 3.8) is 0 Å². The summed E-state index contributed by atoms with van der Waals surface area (Å²) in [6.07, 6.45) is 4.37. The minimum Gasteiger partial charge on any atom is -0.351 e. The second kappa shape index (κ2) is 6.80. The van der Waals surface area contributed by atoms with E-state index in [2.05, 4.69) is 51.1 Å². The van der Waals surface area contributed by atoms with Crippen molar-refractivity contribution in [3.05, 3.63) is 53.5 Å². The van der Waals surface area contributed by atoms with E-state index >= 15 is 0 Å². The smallest absolute Gasteiger partial charge is 0.274 e. The SMILES string of the molecule is CN1CCN(C(=O)c2cnc(N3CCc4ccccc4C3)cn2)CC1. The third kappa shape index (κ3) is 3.35. The maximum absolute atomic E-state index is 12.5. The molecule has 25 heavy (non-hydrogen) atoms. The van der Waals surface area contributed by atoms with Gasteiger partial charge in [-0.05, 0) is 24.6 Å². The maximum Gasteiger partial charge on any atom is 0.274 e. The number of amides is 1. The Labute approximate surface area is 148 Å². The van der Waals surface area contributed by atoms with Gasteiger partial charge in [0.25, 0.3) is 5.91 Å². The zero-order valence-corrected chi connectivity index (χ0v) is 14.6. The van der Waals surface area contributed by atoms with Crippen LogP contribution in [0.5, 0.6) is 0 Å². The van der Waals surface area contributed by atoms with Crippen LogP contribution >= 0.6 is 0 Å². The van der Waals surface area contributed by atoms with Gasteiger partial charge < -0.3 is 14.7 Å². The first-order chi connectivity index (χ1) is 12.2. The van der Waals surface area contributed by atoms with Crippen molar-refractivity contribution in [3.8, 4) is 0 Å². The summed E-state index contributed by atoms with van der Waals surface area (Å²) in [7, 11) is 2.08. The number of piperazine rings is 1. The zero-order chi connectivity index (χ0) is 17.2. The van der Waals surface area contributed by atoms with E-state index in [-0.39, 0.29) is 5.91 Å². The van der Waals surface area contributed by atoms with Crippen LogP contribution in [0.3, 0.4) is 0 Å². The van der Waals surface area contributed by atoms with Crippen LogP contribution in [0.1, 0.15) is 21.6 Å². The van der Waals surface area contributed by atoms with Crippen LogP contribution in [0.25, 0.3) is 0 Å². The molecule has 6 nitrogen and oxygen atoms in total. The van der Waals surface area contributed by atoms with Gasteiger partial charge in [0.05, 0.1) is 12.4 Å². The molecule has 0 spiro atoms. The highest BCUT2D eigenvalue weighted by Gasteiger charge is 2.22. The van der Waals surface area contributed by atoms with Gasteiger partial charge in [-0.15, -0.1) is 0 Å². The highest BCUT2D eigenvalue weighted by Crippen LogP contribution is 2.22. The highest BCUT2D eigenvalue weighted by atomic mass is 16.2. The number of carbonyl (C=O) groups is 1. The molecule has 1 fully saturated rings. The molecule has 0 N–H and O–H groups in total. The van der Waals surface area contributed by atoms with Crippen LogP contribution in [0.15, 0.2) is 36.7 Å². The molecule has 4 rings (SSSR count). The summed E-state index contributed by atoms with van der Waals surface area (Å²) in [5, 5.41) is 0. The van der Waals surface area contributed by atoms with Crippen LogP contribution in [-0.2, 0) is 13.0 Å². The van der Waals surface area contributed by atoms with Crippen molar-refractivity contribution < 1.29 is 4.79 Å². The van der Waals surface area contributed by atoms with Crippen LogP contribution in [0.4, 0.5) is 5.82 Å². The van der Waals surface area contributed by atoms with E-state index in [1.165, 1.54) is 11.1 Å². The minimum atomic E-state index is -0.0175. The molecule has 2 aliphatic heterocycles. The fourth-order valence-electron chi connectivity index (χ4n) is 3.46. The first kappa shape index (κ1) is 16.0. The van der Waals surface area contributed by atoms with Crippen LogP contribution < -0.4 is 4.90 Å². The molecule has 1 saturated heterocycles.